The molecule has 0 radical (unpaired) electrons. The maximum atomic E-state index is 12.3. The van der Waals surface area contributed by atoms with Gasteiger partial charge in [-0.1, -0.05) is 29.5 Å². The Hall–Kier alpha value is -2.80. The molecule has 28 heavy (non-hydrogen) atoms. The topological polar surface area (TPSA) is 60.3 Å². The van der Waals surface area contributed by atoms with Crippen molar-refractivity contribution in [3.8, 4) is 22.8 Å². The number of hydrogen-bond acceptors (Lipinski definition) is 5. The van der Waals surface area contributed by atoms with Crippen molar-refractivity contribution >= 4 is 17.7 Å². The molecule has 0 saturated carbocycles. The van der Waals surface area contributed by atoms with Crippen molar-refractivity contribution in [1.29, 1.82) is 0 Å². The van der Waals surface area contributed by atoms with Gasteiger partial charge in [0.15, 0.2) is 11.0 Å². The number of carbonyl (C=O) groups excluding carboxylic acids is 1. The molecule has 3 aromatic rings. The second-order valence-corrected chi connectivity index (χ2v) is 8.01. The number of aryl methyl sites for hydroxylation is 1. The highest BCUT2D eigenvalue weighted by Crippen LogP contribution is 2.31. The van der Waals surface area contributed by atoms with Crippen LogP contribution in [-0.2, 0) is 4.79 Å². The van der Waals surface area contributed by atoms with Gasteiger partial charge in [0.2, 0.25) is 5.91 Å². The molecule has 3 rings (SSSR count). The third kappa shape index (κ3) is 4.20. The zero-order chi connectivity index (χ0) is 20.3. The van der Waals surface area contributed by atoms with E-state index in [1.165, 1.54) is 17.3 Å². The number of carbonyl (C=O) groups is 1. The summed E-state index contributed by atoms with van der Waals surface area (Å²) in [5.41, 5.74) is 3.05. The van der Waals surface area contributed by atoms with Crippen LogP contribution in [0.3, 0.4) is 0 Å². The Balaban J connectivity index is 2.06. The number of rotatable bonds is 6. The Labute approximate surface area is 169 Å². The molecule has 1 unspecified atom stereocenters. The molecule has 1 aromatic heterocycles. The highest BCUT2D eigenvalue weighted by molar-refractivity contribution is 8.00. The summed E-state index contributed by atoms with van der Waals surface area (Å²) in [5.74, 6) is 1.54. The van der Waals surface area contributed by atoms with Gasteiger partial charge >= 0.3 is 0 Å². The number of hydrogen-bond donors (Lipinski definition) is 0. The van der Waals surface area contributed by atoms with Crippen molar-refractivity contribution in [2.24, 2.45) is 0 Å². The van der Waals surface area contributed by atoms with Gasteiger partial charge in [-0.2, -0.15) is 0 Å². The first-order valence-electron chi connectivity index (χ1n) is 8.95. The van der Waals surface area contributed by atoms with Crippen LogP contribution in [0.5, 0.6) is 5.75 Å². The maximum absolute atomic E-state index is 12.3. The minimum absolute atomic E-state index is 0.0365. The summed E-state index contributed by atoms with van der Waals surface area (Å²) in [6.45, 7) is 3.93. The average Bonchev–Trinajstić information content (AvgIpc) is 3.11. The highest BCUT2D eigenvalue weighted by atomic mass is 32.2. The normalized spacial score (nSPS) is 11.9. The number of benzene rings is 2. The second kappa shape index (κ2) is 8.48. The van der Waals surface area contributed by atoms with Crippen molar-refractivity contribution in [2.75, 3.05) is 21.2 Å². The van der Waals surface area contributed by atoms with Gasteiger partial charge in [0, 0.05) is 25.3 Å². The summed E-state index contributed by atoms with van der Waals surface area (Å²) < 4.78 is 7.24. The Kier molecular flexibility index (Phi) is 6.04. The monoisotopic (exact) mass is 396 g/mol. The van der Waals surface area contributed by atoms with Gasteiger partial charge in [-0.3, -0.25) is 9.36 Å². The third-order valence-electron chi connectivity index (χ3n) is 4.34. The Morgan fingerprint density at radius 3 is 2.29 bits per heavy atom. The first kappa shape index (κ1) is 19.9. The van der Waals surface area contributed by atoms with Crippen LogP contribution in [0.4, 0.5) is 0 Å². The summed E-state index contributed by atoms with van der Waals surface area (Å²) in [5, 5.41) is 9.22. The van der Waals surface area contributed by atoms with E-state index in [4.69, 9.17) is 4.74 Å². The second-order valence-electron chi connectivity index (χ2n) is 6.70. The number of nitrogens with zero attached hydrogens (tertiary/aromatic N) is 4. The molecule has 1 atom stereocenters. The molecule has 0 spiro atoms. The quantitative estimate of drug-likeness (QED) is 0.593. The lowest BCUT2D eigenvalue weighted by molar-refractivity contribution is -0.127. The molecule has 1 amide bonds. The molecule has 146 valence electrons. The predicted octanol–water partition coefficient (Wildman–Crippen LogP) is 3.82. The van der Waals surface area contributed by atoms with Crippen LogP contribution in [-0.4, -0.2) is 52.0 Å². The van der Waals surface area contributed by atoms with E-state index in [-0.39, 0.29) is 11.2 Å². The Morgan fingerprint density at radius 1 is 1.07 bits per heavy atom. The van der Waals surface area contributed by atoms with Crippen molar-refractivity contribution < 1.29 is 9.53 Å². The van der Waals surface area contributed by atoms with Crippen LogP contribution < -0.4 is 4.74 Å². The maximum Gasteiger partial charge on any atom is 0.235 e. The van der Waals surface area contributed by atoms with Crippen molar-refractivity contribution in [1.82, 2.24) is 19.7 Å². The summed E-state index contributed by atoms with van der Waals surface area (Å²) in [7, 11) is 5.15. The zero-order valence-corrected chi connectivity index (χ0v) is 17.5. The van der Waals surface area contributed by atoms with Gasteiger partial charge in [-0.25, -0.2) is 0 Å². The molecule has 6 nitrogen and oxygen atoms in total. The molecular formula is C21H24N4O2S. The summed E-state index contributed by atoms with van der Waals surface area (Å²) in [6, 6.07) is 15.9. The predicted molar refractivity (Wildman–Crippen MR) is 112 cm³/mol. The average molecular weight is 397 g/mol. The van der Waals surface area contributed by atoms with E-state index >= 15 is 0 Å². The standard InChI is InChI=1S/C21H24N4O2S/c1-14-6-10-17(11-7-14)25-19(16-8-12-18(27-5)13-9-16)22-23-21(25)28-15(2)20(26)24(3)4/h6-13,15H,1-5H3. The van der Waals surface area contributed by atoms with Gasteiger partial charge in [0.05, 0.1) is 12.4 Å². The lowest BCUT2D eigenvalue weighted by Crippen LogP contribution is -2.29. The van der Waals surface area contributed by atoms with Crippen molar-refractivity contribution in [3.05, 3.63) is 54.1 Å². The van der Waals surface area contributed by atoms with E-state index in [1.54, 1.807) is 26.1 Å². The molecule has 0 saturated heterocycles. The van der Waals surface area contributed by atoms with Crippen LogP contribution in [0.25, 0.3) is 17.1 Å². The van der Waals surface area contributed by atoms with Gasteiger partial charge in [0.25, 0.3) is 0 Å². The largest absolute Gasteiger partial charge is 0.497 e. The Morgan fingerprint density at radius 2 is 1.71 bits per heavy atom. The van der Waals surface area contributed by atoms with Crippen LogP contribution in [0.15, 0.2) is 53.7 Å². The van der Waals surface area contributed by atoms with Crippen LogP contribution in [0, 0.1) is 6.92 Å². The van der Waals surface area contributed by atoms with Gasteiger partial charge < -0.3 is 9.64 Å². The van der Waals surface area contributed by atoms with Gasteiger partial charge in [-0.05, 0) is 50.2 Å². The number of ether oxygens (including phenoxy) is 1. The fourth-order valence-electron chi connectivity index (χ4n) is 2.77. The van der Waals surface area contributed by atoms with E-state index in [1.807, 2.05) is 54.8 Å². The SMILES string of the molecule is COc1ccc(-c2nnc(SC(C)C(=O)N(C)C)n2-c2ccc(C)cc2)cc1. The number of aromatic nitrogens is 3. The van der Waals surface area contributed by atoms with E-state index in [2.05, 4.69) is 22.3 Å². The highest BCUT2D eigenvalue weighted by Gasteiger charge is 2.22. The molecule has 7 heteroatoms. The minimum Gasteiger partial charge on any atom is -0.497 e. The number of amides is 1. The third-order valence-corrected chi connectivity index (χ3v) is 5.37. The minimum atomic E-state index is -0.271. The van der Waals surface area contributed by atoms with Crippen molar-refractivity contribution in [3.63, 3.8) is 0 Å². The summed E-state index contributed by atoms with van der Waals surface area (Å²) in [4.78, 5) is 13.9. The number of thioether (sulfide) groups is 1. The van der Waals surface area contributed by atoms with Gasteiger partial charge in [-0.15, -0.1) is 10.2 Å². The molecule has 0 aliphatic carbocycles. The Bertz CT molecular complexity index is 950. The van der Waals surface area contributed by atoms with Gasteiger partial charge in [0.1, 0.15) is 5.75 Å². The van der Waals surface area contributed by atoms with E-state index in [9.17, 15) is 4.79 Å². The molecule has 0 fully saturated rings. The molecule has 0 bridgehead atoms. The van der Waals surface area contributed by atoms with E-state index in [0.29, 0.717) is 5.16 Å². The molecule has 0 aliphatic heterocycles. The van der Waals surface area contributed by atoms with E-state index in [0.717, 1.165) is 22.8 Å². The number of methoxy groups -OCH3 is 1. The van der Waals surface area contributed by atoms with Crippen LogP contribution in [0.1, 0.15) is 12.5 Å². The molecule has 2 aromatic carbocycles. The lowest BCUT2D eigenvalue weighted by Gasteiger charge is -2.17. The summed E-state index contributed by atoms with van der Waals surface area (Å²) >= 11 is 1.40. The molecular weight excluding hydrogens is 372 g/mol. The molecule has 0 aliphatic rings. The first-order valence-corrected chi connectivity index (χ1v) is 9.83. The zero-order valence-electron chi connectivity index (χ0n) is 16.7. The van der Waals surface area contributed by atoms with Crippen molar-refractivity contribution in [2.45, 2.75) is 24.3 Å². The molecule has 0 N–H and O–H groups in total. The van der Waals surface area contributed by atoms with E-state index < -0.39 is 0 Å². The summed E-state index contributed by atoms with van der Waals surface area (Å²) in [6.07, 6.45) is 0. The van der Waals surface area contributed by atoms with Crippen LogP contribution >= 0.6 is 11.8 Å². The smallest absolute Gasteiger partial charge is 0.235 e. The first-order chi connectivity index (χ1) is 13.4. The fourth-order valence-corrected chi connectivity index (χ4v) is 3.79. The van der Waals surface area contributed by atoms with Crippen LogP contribution in [0.2, 0.25) is 0 Å². The lowest BCUT2D eigenvalue weighted by atomic mass is 10.2. The fraction of sp³-hybridized carbons (Fsp3) is 0.286. The molecule has 1 heterocycles.